The first kappa shape index (κ1) is 10.5. The molecule has 0 aliphatic heterocycles. The third-order valence-corrected chi connectivity index (χ3v) is 2.90. The lowest BCUT2D eigenvalue weighted by molar-refractivity contribution is 0.626. The van der Waals surface area contributed by atoms with Crippen molar-refractivity contribution in [2.24, 2.45) is 5.73 Å². The number of nitrogens with one attached hydrogen (secondary N) is 1. The Hall–Kier alpha value is -0.550. The van der Waals surface area contributed by atoms with E-state index in [9.17, 15) is 4.39 Å². The number of benzene rings is 1. The molecule has 3 N–H and O–H groups in total. The Labute approximate surface area is 88.3 Å². The first-order valence-corrected chi connectivity index (χ1v) is 5.28. The highest BCUT2D eigenvalue weighted by Gasteiger charge is 2.02. The number of hydrogen-bond acceptors (Lipinski definition) is 2. The van der Waals surface area contributed by atoms with Gasteiger partial charge in [-0.1, -0.05) is 33.8 Å². The predicted molar refractivity (Wildman–Crippen MR) is 57.3 cm³/mol. The van der Waals surface area contributed by atoms with Crippen LogP contribution in [0.15, 0.2) is 22.7 Å². The summed E-state index contributed by atoms with van der Waals surface area (Å²) in [5.74, 6) is 0.305. The van der Waals surface area contributed by atoms with E-state index in [2.05, 4.69) is 15.9 Å². The highest BCUT2D eigenvalue weighted by molar-refractivity contribution is 9.10. The molecule has 70 valence electrons. The first-order chi connectivity index (χ1) is 6.09. The van der Waals surface area contributed by atoms with Crippen molar-refractivity contribution in [2.45, 2.75) is 5.75 Å². The fourth-order valence-corrected chi connectivity index (χ4v) is 2.03. The van der Waals surface area contributed by atoms with Crippen LogP contribution in [-0.2, 0) is 5.75 Å². The van der Waals surface area contributed by atoms with Crippen LogP contribution in [0.1, 0.15) is 5.56 Å². The summed E-state index contributed by atoms with van der Waals surface area (Å²) in [6.45, 7) is 0. The minimum Gasteiger partial charge on any atom is -0.379 e. The lowest BCUT2D eigenvalue weighted by Crippen LogP contribution is -2.03. The van der Waals surface area contributed by atoms with Crippen molar-refractivity contribution in [3.8, 4) is 0 Å². The molecule has 0 saturated carbocycles. The predicted octanol–water partition coefficient (Wildman–Crippen LogP) is 2.71. The van der Waals surface area contributed by atoms with Crippen LogP contribution in [0.2, 0.25) is 0 Å². The van der Waals surface area contributed by atoms with Gasteiger partial charge in [-0.15, -0.1) is 0 Å². The number of hydrogen-bond donors (Lipinski definition) is 2. The molecule has 0 aromatic heterocycles. The van der Waals surface area contributed by atoms with Crippen LogP contribution in [0.25, 0.3) is 0 Å². The fourth-order valence-electron chi connectivity index (χ4n) is 0.794. The average molecular weight is 263 g/mol. The van der Waals surface area contributed by atoms with Gasteiger partial charge in [-0.25, -0.2) is 4.39 Å². The molecule has 2 nitrogen and oxygen atoms in total. The summed E-state index contributed by atoms with van der Waals surface area (Å²) in [5.41, 5.74) is 6.11. The van der Waals surface area contributed by atoms with Gasteiger partial charge in [0.2, 0.25) is 0 Å². The zero-order chi connectivity index (χ0) is 9.84. The second kappa shape index (κ2) is 4.62. The summed E-state index contributed by atoms with van der Waals surface area (Å²) in [5, 5.41) is 7.07. The second-order valence-corrected chi connectivity index (χ2v) is 4.26. The highest BCUT2D eigenvalue weighted by atomic mass is 79.9. The zero-order valence-corrected chi connectivity index (χ0v) is 9.08. The Morgan fingerprint density at radius 1 is 1.62 bits per heavy atom. The lowest BCUT2D eigenvalue weighted by Gasteiger charge is -2.02. The minimum atomic E-state index is -0.275. The molecule has 13 heavy (non-hydrogen) atoms. The van der Waals surface area contributed by atoms with Crippen LogP contribution in [0.4, 0.5) is 4.39 Å². The summed E-state index contributed by atoms with van der Waals surface area (Å²) in [4.78, 5) is 0. The van der Waals surface area contributed by atoms with Crippen LogP contribution in [0.3, 0.4) is 0 Å². The van der Waals surface area contributed by atoms with E-state index in [0.29, 0.717) is 10.2 Å². The molecule has 0 aliphatic rings. The molecule has 0 amide bonds. The average Bonchev–Trinajstić information content (AvgIpc) is 2.02. The third kappa shape index (κ3) is 3.36. The summed E-state index contributed by atoms with van der Waals surface area (Å²) in [6, 6.07) is 4.46. The van der Waals surface area contributed by atoms with Crippen molar-refractivity contribution in [2.75, 3.05) is 0 Å². The van der Waals surface area contributed by atoms with Gasteiger partial charge in [-0.05, 0) is 17.7 Å². The Kier molecular flexibility index (Phi) is 3.74. The smallest absolute Gasteiger partial charge is 0.151 e. The van der Waals surface area contributed by atoms with E-state index in [0.717, 1.165) is 5.56 Å². The number of halogens is 2. The molecule has 0 aliphatic carbocycles. The minimum absolute atomic E-state index is 0.0659. The van der Waals surface area contributed by atoms with Crippen molar-refractivity contribution < 1.29 is 4.39 Å². The van der Waals surface area contributed by atoms with Gasteiger partial charge in [0, 0.05) is 10.2 Å². The highest BCUT2D eigenvalue weighted by Crippen LogP contribution is 2.22. The Morgan fingerprint density at radius 3 is 2.85 bits per heavy atom. The van der Waals surface area contributed by atoms with E-state index in [4.69, 9.17) is 11.1 Å². The monoisotopic (exact) mass is 262 g/mol. The molecule has 1 aromatic carbocycles. The number of rotatable bonds is 2. The standard InChI is InChI=1S/C8H8BrFN2S/c9-7-3-6(10)2-1-5(7)4-13-8(11)12/h1-3H,4H2,(H3,11,12). The van der Waals surface area contributed by atoms with Gasteiger partial charge in [0.05, 0.1) is 0 Å². The molecule has 0 bridgehead atoms. The fraction of sp³-hybridized carbons (Fsp3) is 0.125. The number of nitrogens with two attached hydrogens (primary N) is 1. The van der Waals surface area contributed by atoms with E-state index in [1.807, 2.05) is 0 Å². The summed E-state index contributed by atoms with van der Waals surface area (Å²) in [7, 11) is 0. The quantitative estimate of drug-likeness (QED) is 0.636. The van der Waals surface area contributed by atoms with Gasteiger partial charge < -0.3 is 5.73 Å². The van der Waals surface area contributed by atoms with Gasteiger partial charge in [-0.3, -0.25) is 5.41 Å². The van der Waals surface area contributed by atoms with Gasteiger partial charge >= 0.3 is 0 Å². The number of thioether (sulfide) groups is 1. The second-order valence-electron chi connectivity index (χ2n) is 2.39. The van der Waals surface area contributed by atoms with Crippen molar-refractivity contribution in [1.29, 1.82) is 5.41 Å². The largest absolute Gasteiger partial charge is 0.379 e. The van der Waals surface area contributed by atoms with Crippen molar-refractivity contribution >= 4 is 32.9 Å². The van der Waals surface area contributed by atoms with E-state index in [1.54, 1.807) is 6.07 Å². The van der Waals surface area contributed by atoms with Crippen LogP contribution >= 0.6 is 27.7 Å². The third-order valence-electron chi connectivity index (χ3n) is 1.40. The molecule has 0 radical (unpaired) electrons. The van der Waals surface area contributed by atoms with Crippen molar-refractivity contribution in [3.63, 3.8) is 0 Å². The molecule has 0 heterocycles. The van der Waals surface area contributed by atoms with Gasteiger partial charge in [0.1, 0.15) is 5.82 Å². The zero-order valence-electron chi connectivity index (χ0n) is 6.68. The molecule has 5 heteroatoms. The van der Waals surface area contributed by atoms with Crippen molar-refractivity contribution in [1.82, 2.24) is 0 Å². The maximum atomic E-state index is 12.6. The van der Waals surface area contributed by atoms with Gasteiger partial charge in [0.25, 0.3) is 0 Å². The molecule has 0 saturated heterocycles. The van der Waals surface area contributed by atoms with Crippen LogP contribution < -0.4 is 5.73 Å². The molecule has 0 atom stereocenters. The molecule has 0 spiro atoms. The molecular formula is C8H8BrFN2S. The molecular weight excluding hydrogens is 255 g/mol. The normalized spacial score (nSPS) is 10.0. The van der Waals surface area contributed by atoms with Gasteiger partial charge in [-0.2, -0.15) is 0 Å². The van der Waals surface area contributed by atoms with Crippen LogP contribution in [0.5, 0.6) is 0 Å². The maximum absolute atomic E-state index is 12.6. The van der Waals surface area contributed by atoms with E-state index < -0.39 is 0 Å². The van der Waals surface area contributed by atoms with Crippen LogP contribution in [0, 0.1) is 11.2 Å². The van der Waals surface area contributed by atoms with Crippen molar-refractivity contribution in [3.05, 3.63) is 34.1 Å². The Morgan fingerprint density at radius 2 is 2.31 bits per heavy atom. The Balaban J connectivity index is 2.72. The van der Waals surface area contributed by atoms with Crippen LogP contribution in [-0.4, -0.2) is 5.17 Å². The molecule has 0 unspecified atom stereocenters. The van der Waals surface area contributed by atoms with E-state index in [-0.39, 0.29) is 11.0 Å². The summed E-state index contributed by atoms with van der Waals surface area (Å²) < 4.78 is 13.4. The summed E-state index contributed by atoms with van der Waals surface area (Å²) >= 11 is 4.45. The lowest BCUT2D eigenvalue weighted by atomic mass is 10.2. The Bertz CT molecular complexity index is 330. The SMILES string of the molecule is N=C(N)SCc1ccc(F)cc1Br. The number of amidine groups is 1. The molecule has 1 aromatic rings. The van der Waals surface area contributed by atoms with E-state index >= 15 is 0 Å². The van der Waals surface area contributed by atoms with Gasteiger partial charge in [0.15, 0.2) is 5.17 Å². The first-order valence-electron chi connectivity index (χ1n) is 3.50. The molecule has 1 rings (SSSR count). The molecule has 0 fully saturated rings. The maximum Gasteiger partial charge on any atom is 0.151 e. The summed E-state index contributed by atoms with van der Waals surface area (Å²) in [6.07, 6.45) is 0. The van der Waals surface area contributed by atoms with E-state index in [1.165, 1.54) is 23.9 Å². The topological polar surface area (TPSA) is 49.9 Å².